The minimum atomic E-state index is -1.13. The van der Waals surface area contributed by atoms with Gasteiger partial charge in [-0.3, -0.25) is 25.0 Å². The fourth-order valence-corrected chi connectivity index (χ4v) is 5.61. The zero-order valence-electron chi connectivity index (χ0n) is 22.6. The van der Waals surface area contributed by atoms with E-state index >= 15 is 0 Å². The van der Waals surface area contributed by atoms with Crippen LogP contribution in [0.3, 0.4) is 0 Å². The number of carbonyl (C=O) groups is 3. The van der Waals surface area contributed by atoms with E-state index < -0.39 is 23.1 Å². The first kappa shape index (κ1) is 29.3. The molecule has 3 N–H and O–H groups in total. The monoisotopic (exact) mass is 526 g/mol. The van der Waals surface area contributed by atoms with Crippen LogP contribution in [0.4, 0.5) is 0 Å². The van der Waals surface area contributed by atoms with Crippen molar-refractivity contribution >= 4 is 17.7 Å². The molecule has 10 nitrogen and oxygen atoms in total. The Morgan fingerprint density at radius 1 is 1.18 bits per heavy atom. The Hall–Kier alpha value is -3.27. The summed E-state index contributed by atoms with van der Waals surface area (Å²) in [7, 11) is 0. The van der Waals surface area contributed by atoms with Crippen molar-refractivity contribution in [3.63, 3.8) is 0 Å². The molecule has 1 saturated carbocycles. The molecule has 3 rings (SSSR count). The van der Waals surface area contributed by atoms with Gasteiger partial charge in [0.2, 0.25) is 11.8 Å². The number of hydrogen-bond acceptors (Lipinski definition) is 6. The maximum absolute atomic E-state index is 13.9. The van der Waals surface area contributed by atoms with Crippen LogP contribution in [0.2, 0.25) is 0 Å². The SMILES string of the molecule is CCC[C@@](C)(C(=O)NN(Cc1ccccc1)C(=O)Cn1cncn1)[C@H](CCCC1CCCCC1)C(=O)NO. The lowest BCUT2D eigenvalue weighted by Crippen LogP contribution is -2.55. The van der Waals surface area contributed by atoms with Gasteiger partial charge in [-0.1, -0.05) is 88.6 Å². The highest BCUT2D eigenvalue weighted by Crippen LogP contribution is 2.38. The predicted octanol–water partition coefficient (Wildman–Crippen LogP) is 4.02. The van der Waals surface area contributed by atoms with Crippen LogP contribution >= 0.6 is 0 Å². The minimum Gasteiger partial charge on any atom is -0.289 e. The van der Waals surface area contributed by atoms with Crippen molar-refractivity contribution in [1.82, 2.24) is 30.7 Å². The summed E-state index contributed by atoms with van der Waals surface area (Å²) in [5, 5.41) is 14.8. The summed E-state index contributed by atoms with van der Waals surface area (Å²) in [4.78, 5) is 43.9. The first-order valence-electron chi connectivity index (χ1n) is 13.8. The van der Waals surface area contributed by atoms with Crippen LogP contribution < -0.4 is 10.9 Å². The van der Waals surface area contributed by atoms with E-state index in [1.54, 1.807) is 12.4 Å². The second kappa shape index (κ2) is 14.6. The fourth-order valence-electron chi connectivity index (χ4n) is 5.61. The summed E-state index contributed by atoms with van der Waals surface area (Å²) < 4.78 is 1.39. The zero-order valence-corrected chi connectivity index (χ0v) is 22.6. The summed E-state index contributed by atoms with van der Waals surface area (Å²) in [6.07, 6.45) is 12.4. The van der Waals surface area contributed by atoms with Crippen molar-refractivity contribution in [1.29, 1.82) is 0 Å². The largest absolute Gasteiger partial charge is 0.289 e. The van der Waals surface area contributed by atoms with Crippen molar-refractivity contribution in [2.45, 2.75) is 91.1 Å². The van der Waals surface area contributed by atoms with Gasteiger partial charge in [0.25, 0.3) is 5.91 Å². The fraction of sp³-hybridized carbons (Fsp3) is 0.607. The first-order chi connectivity index (χ1) is 18.4. The lowest BCUT2D eigenvalue weighted by Gasteiger charge is -2.37. The van der Waals surface area contributed by atoms with E-state index in [-0.39, 0.29) is 19.0 Å². The van der Waals surface area contributed by atoms with Crippen LogP contribution in [-0.2, 0) is 27.5 Å². The smallest absolute Gasteiger partial charge is 0.263 e. The van der Waals surface area contributed by atoms with Gasteiger partial charge >= 0.3 is 0 Å². The van der Waals surface area contributed by atoms with Crippen molar-refractivity contribution < 1.29 is 19.6 Å². The number of hydroxylamine groups is 1. The normalized spacial score (nSPS) is 16.3. The molecule has 1 aliphatic carbocycles. The second-order valence-electron chi connectivity index (χ2n) is 10.6. The van der Waals surface area contributed by atoms with Crippen LogP contribution in [0.1, 0.15) is 83.6 Å². The van der Waals surface area contributed by atoms with Gasteiger partial charge in [0.1, 0.15) is 19.2 Å². The van der Waals surface area contributed by atoms with Gasteiger partial charge in [0.15, 0.2) is 0 Å². The minimum absolute atomic E-state index is 0.0977. The Balaban J connectivity index is 1.78. The van der Waals surface area contributed by atoms with Crippen LogP contribution in [0.5, 0.6) is 0 Å². The molecule has 0 radical (unpaired) electrons. The molecule has 1 heterocycles. The number of nitrogens with zero attached hydrogens (tertiary/aromatic N) is 4. The number of hydrogen-bond donors (Lipinski definition) is 3. The van der Waals surface area contributed by atoms with E-state index in [2.05, 4.69) is 15.5 Å². The van der Waals surface area contributed by atoms with Crippen LogP contribution in [0.15, 0.2) is 43.0 Å². The summed E-state index contributed by atoms with van der Waals surface area (Å²) in [5.41, 5.74) is 4.34. The molecular formula is C28H42N6O4. The highest BCUT2D eigenvalue weighted by molar-refractivity contribution is 5.91. The molecule has 2 atom stereocenters. The molecule has 1 aromatic heterocycles. The first-order valence-corrected chi connectivity index (χ1v) is 13.8. The zero-order chi connectivity index (χ0) is 27.4. The third kappa shape index (κ3) is 8.11. The summed E-state index contributed by atoms with van der Waals surface area (Å²) >= 11 is 0. The summed E-state index contributed by atoms with van der Waals surface area (Å²) in [6.45, 7) is 3.77. The standard InChI is InChI=1S/C28H42N6O4/c1-3-17-28(2,24(26(36)32-38)16-10-15-22-11-6-4-7-12-22)27(37)31-34(18-23-13-8-5-9-14-23)25(35)19-33-21-29-20-30-33/h5,8-9,13-14,20-22,24,38H,3-4,6-7,10-12,15-19H2,1-2H3,(H,31,37)(H,32,36)/t24-,28-/m1/s1. The highest BCUT2D eigenvalue weighted by atomic mass is 16.5. The maximum atomic E-state index is 13.9. The van der Waals surface area contributed by atoms with E-state index in [4.69, 9.17) is 0 Å². The van der Waals surface area contributed by atoms with Gasteiger partial charge in [0, 0.05) is 0 Å². The van der Waals surface area contributed by atoms with Crippen LogP contribution in [-0.4, -0.2) is 42.7 Å². The Morgan fingerprint density at radius 2 is 1.92 bits per heavy atom. The lowest BCUT2D eigenvalue weighted by molar-refractivity contribution is -0.154. The number of aromatic nitrogens is 3. The molecule has 2 aromatic rings. The van der Waals surface area contributed by atoms with E-state index in [0.29, 0.717) is 25.2 Å². The average Bonchev–Trinajstić information content (AvgIpc) is 3.44. The number of amides is 3. The van der Waals surface area contributed by atoms with E-state index in [9.17, 15) is 19.6 Å². The molecule has 0 bridgehead atoms. The van der Waals surface area contributed by atoms with E-state index in [1.807, 2.05) is 37.3 Å². The summed E-state index contributed by atoms with van der Waals surface area (Å²) in [5.74, 6) is -1.44. The van der Waals surface area contributed by atoms with Gasteiger partial charge in [-0.25, -0.2) is 20.2 Å². The Kier molecular flexibility index (Phi) is 11.3. The second-order valence-corrected chi connectivity index (χ2v) is 10.6. The van der Waals surface area contributed by atoms with Gasteiger partial charge in [-0.2, -0.15) is 5.10 Å². The summed E-state index contributed by atoms with van der Waals surface area (Å²) in [6, 6.07) is 9.37. The Labute approximate surface area is 225 Å². The number of carbonyl (C=O) groups excluding carboxylic acids is 3. The molecular weight excluding hydrogens is 484 g/mol. The molecule has 0 saturated heterocycles. The molecule has 38 heavy (non-hydrogen) atoms. The third-order valence-corrected chi connectivity index (χ3v) is 7.80. The van der Waals surface area contributed by atoms with Crippen molar-refractivity contribution in [2.24, 2.45) is 17.3 Å². The van der Waals surface area contributed by atoms with Crippen molar-refractivity contribution in [3.8, 4) is 0 Å². The van der Waals surface area contributed by atoms with Crippen molar-refractivity contribution in [3.05, 3.63) is 48.5 Å². The molecule has 1 fully saturated rings. The topological polar surface area (TPSA) is 129 Å². The number of rotatable bonds is 13. The molecule has 10 heteroatoms. The quantitative estimate of drug-likeness (QED) is 0.267. The van der Waals surface area contributed by atoms with Gasteiger partial charge in [-0.15, -0.1) is 0 Å². The molecule has 208 valence electrons. The van der Waals surface area contributed by atoms with Gasteiger partial charge in [0.05, 0.1) is 17.9 Å². The maximum Gasteiger partial charge on any atom is 0.263 e. The molecule has 0 aliphatic heterocycles. The molecule has 1 aromatic carbocycles. The van der Waals surface area contributed by atoms with Crippen LogP contribution in [0.25, 0.3) is 0 Å². The average molecular weight is 527 g/mol. The van der Waals surface area contributed by atoms with E-state index in [1.165, 1.54) is 54.4 Å². The predicted molar refractivity (Wildman–Crippen MR) is 142 cm³/mol. The number of benzene rings is 1. The molecule has 0 spiro atoms. The molecule has 3 amide bonds. The van der Waals surface area contributed by atoms with Crippen molar-refractivity contribution in [2.75, 3.05) is 0 Å². The Bertz CT molecular complexity index is 1010. The van der Waals surface area contributed by atoms with Crippen LogP contribution in [0, 0.1) is 17.3 Å². The third-order valence-electron chi connectivity index (χ3n) is 7.80. The van der Waals surface area contributed by atoms with E-state index in [0.717, 1.165) is 18.4 Å². The number of hydrazine groups is 1. The van der Waals surface area contributed by atoms with Gasteiger partial charge < -0.3 is 0 Å². The molecule has 1 aliphatic rings. The van der Waals surface area contributed by atoms with Gasteiger partial charge in [-0.05, 0) is 31.2 Å². The highest BCUT2D eigenvalue weighted by Gasteiger charge is 2.45. The number of nitrogens with one attached hydrogen (secondary N) is 2. The Morgan fingerprint density at radius 3 is 2.55 bits per heavy atom. The molecule has 0 unspecified atom stereocenters. The lowest BCUT2D eigenvalue weighted by atomic mass is 9.70.